The maximum atomic E-state index is 6.29. The quantitative estimate of drug-likeness (QED) is 0.823. The minimum Gasteiger partial charge on any atom is -0.379 e. The highest BCUT2D eigenvalue weighted by Crippen LogP contribution is 2.23. The highest BCUT2D eigenvalue weighted by atomic mass is 16.5. The highest BCUT2D eigenvalue weighted by Gasteiger charge is 2.12. The molecule has 2 N–H and O–H groups in total. The van der Waals surface area contributed by atoms with Gasteiger partial charge in [-0.05, 0) is 28.2 Å². The van der Waals surface area contributed by atoms with Gasteiger partial charge in [0.2, 0.25) is 0 Å². The Morgan fingerprint density at radius 3 is 2.50 bits per heavy atom. The molecule has 2 heteroatoms. The standard InChI is InChI=1S/C18H25NO/c1-18(2,3)11-12-20-13-17(19)16-10-6-8-14-7-4-5-9-15(14)16/h4-10,17H,11-13,19H2,1-3H3. The Balaban J connectivity index is 1.99. The molecule has 2 aromatic rings. The van der Waals surface area contributed by atoms with Crippen molar-refractivity contribution in [3.63, 3.8) is 0 Å². The van der Waals surface area contributed by atoms with Crippen LogP contribution in [0.25, 0.3) is 10.8 Å². The lowest BCUT2D eigenvalue weighted by atomic mass is 9.93. The molecule has 0 bridgehead atoms. The van der Waals surface area contributed by atoms with E-state index in [0.717, 1.165) is 13.0 Å². The first-order chi connectivity index (χ1) is 9.47. The van der Waals surface area contributed by atoms with Crippen molar-refractivity contribution in [1.82, 2.24) is 0 Å². The van der Waals surface area contributed by atoms with Crippen LogP contribution in [0.1, 0.15) is 38.8 Å². The Labute approximate surface area is 121 Å². The topological polar surface area (TPSA) is 35.2 Å². The van der Waals surface area contributed by atoms with Crippen molar-refractivity contribution < 1.29 is 4.74 Å². The zero-order chi connectivity index (χ0) is 14.6. The number of ether oxygens (including phenoxy) is 1. The van der Waals surface area contributed by atoms with Gasteiger partial charge in [0, 0.05) is 6.61 Å². The molecule has 0 spiro atoms. The molecule has 2 rings (SSSR count). The Morgan fingerprint density at radius 2 is 1.75 bits per heavy atom. The molecule has 0 heterocycles. The van der Waals surface area contributed by atoms with Crippen molar-refractivity contribution >= 4 is 10.8 Å². The minimum absolute atomic E-state index is 0.0685. The molecule has 0 fully saturated rings. The lowest BCUT2D eigenvalue weighted by Gasteiger charge is -2.19. The molecular formula is C18H25NO. The average molecular weight is 271 g/mol. The van der Waals surface area contributed by atoms with Gasteiger partial charge in [-0.25, -0.2) is 0 Å². The van der Waals surface area contributed by atoms with Crippen LogP contribution in [-0.4, -0.2) is 13.2 Å². The van der Waals surface area contributed by atoms with Gasteiger partial charge in [0.15, 0.2) is 0 Å². The zero-order valence-electron chi connectivity index (χ0n) is 12.7. The summed E-state index contributed by atoms with van der Waals surface area (Å²) < 4.78 is 5.75. The van der Waals surface area contributed by atoms with Gasteiger partial charge in [-0.2, -0.15) is 0 Å². The maximum Gasteiger partial charge on any atom is 0.0659 e. The van der Waals surface area contributed by atoms with Crippen LogP contribution in [0.15, 0.2) is 42.5 Å². The van der Waals surface area contributed by atoms with Gasteiger partial charge >= 0.3 is 0 Å². The molecule has 0 amide bonds. The van der Waals surface area contributed by atoms with Crippen LogP contribution in [0, 0.1) is 5.41 Å². The van der Waals surface area contributed by atoms with E-state index in [1.54, 1.807) is 0 Å². The first kappa shape index (κ1) is 15.0. The van der Waals surface area contributed by atoms with E-state index in [1.165, 1.54) is 16.3 Å². The van der Waals surface area contributed by atoms with E-state index >= 15 is 0 Å². The molecule has 2 aromatic carbocycles. The molecule has 0 radical (unpaired) electrons. The molecular weight excluding hydrogens is 246 g/mol. The number of nitrogens with two attached hydrogens (primary N) is 1. The predicted molar refractivity (Wildman–Crippen MR) is 85.8 cm³/mol. The molecule has 0 aromatic heterocycles. The van der Waals surface area contributed by atoms with E-state index in [2.05, 4.69) is 63.2 Å². The number of fused-ring (bicyclic) bond motifs is 1. The third kappa shape index (κ3) is 4.06. The SMILES string of the molecule is CC(C)(C)CCOCC(N)c1cccc2ccccc12. The molecule has 2 nitrogen and oxygen atoms in total. The minimum atomic E-state index is -0.0685. The van der Waals surface area contributed by atoms with Crippen LogP contribution < -0.4 is 5.73 Å². The number of hydrogen-bond donors (Lipinski definition) is 1. The predicted octanol–water partition coefficient (Wildman–Crippen LogP) is 4.29. The van der Waals surface area contributed by atoms with Crippen molar-refractivity contribution in [2.24, 2.45) is 11.1 Å². The van der Waals surface area contributed by atoms with E-state index < -0.39 is 0 Å². The Morgan fingerprint density at radius 1 is 1.05 bits per heavy atom. The van der Waals surface area contributed by atoms with Crippen LogP contribution in [0.5, 0.6) is 0 Å². The first-order valence-electron chi connectivity index (χ1n) is 7.28. The third-order valence-electron chi connectivity index (χ3n) is 3.52. The molecule has 0 saturated heterocycles. The summed E-state index contributed by atoms with van der Waals surface area (Å²) in [4.78, 5) is 0. The van der Waals surface area contributed by atoms with Crippen LogP contribution in [0.2, 0.25) is 0 Å². The fourth-order valence-electron chi connectivity index (χ4n) is 2.25. The van der Waals surface area contributed by atoms with E-state index in [9.17, 15) is 0 Å². The van der Waals surface area contributed by atoms with Crippen molar-refractivity contribution in [3.05, 3.63) is 48.0 Å². The van der Waals surface area contributed by atoms with Gasteiger partial charge in [-0.3, -0.25) is 0 Å². The van der Waals surface area contributed by atoms with Gasteiger partial charge < -0.3 is 10.5 Å². The van der Waals surface area contributed by atoms with Gasteiger partial charge in [-0.15, -0.1) is 0 Å². The summed E-state index contributed by atoms with van der Waals surface area (Å²) in [6.07, 6.45) is 1.05. The van der Waals surface area contributed by atoms with Gasteiger partial charge in [0.25, 0.3) is 0 Å². The fraction of sp³-hybridized carbons (Fsp3) is 0.444. The summed E-state index contributed by atoms with van der Waals surface area (Å²) in [5.74, 6) is 0. The van der Waals surface area contributed by atoms with Crippen LogP contribution in [0.4, 0.5) is 0 Å². The molecule has 108 valence electrons. The molecule has 1 atom stereocenters. The van der Waals surface area contributed by atoms with Crippen molar-refractivity contribution in [2.75, 3.05) is 13.2 Å². The van der Waals surface area contributed by atoms with Crippen LogP contribution in [-0.2, 0) is 4.74 Å². The van der Waals surface area contributed by atoms with E-state index in [1.807, 2.05) is 0 Å². The van der Waals surface area contributed by atoms with E-state index in [4.69, 9.17) is 10.5 Å². The molecule has 0 aliphatic heterocycles. The highest BCUT2D eigenvalue weighted by molar-refractivity contribution is 5.86. The van der Waals surface area contributed by atoms with Gasteiger partial charge in [0.05, 0.1) is 12.6 Å². The summed E-state index contributed by atoms with van der Waals surface area (Å²) >= 11 is 0. The zero-order valence-corrected chi connectivity index (χ0v) is 12.7. The second-order valence-corrected chi connectivity index (χ2v) is 6.56. The summed E-state index contributed by atoms with van der Waals surface area (Å²) in [6, 6.07) is 14.6. The Bertz CT molecular complexity index is 551. The van der Waals surface area contributed by atoms with Crippen molar-refractivity contribution in [1.29, 1.82) is 0 Å². The lowest BCUT2D eigenvalue weighted by molar-refractivity contribution is 0.0977. The summed E-state index contributed by atoms with van der Waals surface area (Å²) in [5, 5.41) is 2.46. The number of hydrogen-bond acceptors (Lipinski definition) is 2. The maximum absolute atomic E-state index is 6.29. The average Bonchev–Trinajstić information content (AvgIpc) is 2.41. The lowest BCUT2D eigenvalue weighted by Crippen LogP contribution is -2.19. The second kappa shape index (κ2) is 6.38. The van der Waals surface area contributed by atoms with Gasteiger partial charge in [0.1, 0.15) is 0 Å². The number of benzene rings is 2. The Kier molecular flexibility index (Phi) is 4.79. The van der Waals surface area contributed by atoms with Crippen molar-refractivity contribution in [2.45, 2.75) is 33.2 Å². The first-order valence-corrected chi connectivity index (χ1v) is 7.28. The molecule has 1 unspecified atom stereocenters. The van der Waals surface area contributed by atoms with Crippen LogP contribution in [0.3, 0.4) is 0 Å². The molecule has 0 aliphatic carbocycles. The monoisotopic (exact) mass is 271 g/mol. The third-order valence-corrected chi connectivity index (χ3v) is 3.52. The summed E-state index contributed by atoms with van der Waals surface area (Å²) in [5.41, 5.74) is 7.76. The fourth-order valence-corrected chi connectivity index (χ4v) is 2.25. The largest absolute Gasteiger partial charge is 0.379 e. The second-order valence-electron chi connectivity index (χ2n) is 6.56. The molecule has 0 aliphatic rings. The summed E-state index contributed by atoms with van der Waals surface area (Å²) in [7, 11) is 0. The smallest absolute Gasteiger partial charge is 0.0659 e. The summed E-state index contributed by atoms with van der Waals surface area (Å²) in [6.45, 7) is 8.01. The van der Waals surface area contributed by atoms with Gasteiger partial charge in [-0.1, -0.05) is 63.2 Å². The molecule has 20 heavy (non-hydrogen) atoms. The van der Waals surface area contributed by atoms with Crippen molar-refractivity contribution in [3.8, 4) is 0 Å². The number of rotatable bonds is 5. The van der Waals surface area contributed by atoms with Crippen LogP contribution >= 0.6 is 0 Å². The Hall–Kier alpha value is -1.38. The van der Waals surface area contributed by atoms with E-state index in [-0.39, 0.29) is 6.04 Å². The normalized spacial score (nSPS) is 13.6. The van der Waals surface area contributed by atoms with E-state index in [0.29, 0.717) is 12.0 Å². The molecule has 0 saturated carbocycles.